The summed E-state index contributed by atoms with van der Waals surface area (Å²) in [7, 11) is -0.103. The monoisotopic (exact) mass is 458 g/mol. The second kappa shape index (κ2) is 7.50. The van der Waals surface area contributed by atoms with Crippen LogP contribution in [0.2, 0.25) is 5.28 Å². The minimum Gasteiger partial charge on any atom is -0.339 e. The van der Waals surface area contributed by atoms with Gasteiger partial charge in [-0.25, -0.2) is 13.2 Å². The molecular weight excluding hydrogens is 436 g/mol. The maximum absolute atomic E-state index is 12.9. The van der Waals surface area contributed by atoms with E-state index in [9.17, 15) is 22.8 Å². The van der Waals surface area contributed by atoms with Crippen LogP contribution in [-0.4, -0.2) is 86.5 Å². The highest BCUT2D eigenvalue weighted by molar-refractivity contribution is 7.91. The molecule has 0 saturated carbocycles. The molecule has 0 aromatic carbocycles. The zero-order chi connectivity index (χ0) is 21.8. The Bertz CT molecular complexity index is 1240. The van der Waals surface area contributed by atoms with Crippen molar-refractivity contribution in [3.63, 3.8) is 0 Å². The van der Waals surface area contributed by atoms with E-state index in [1.807, 2.05) is 0 Å². The molecule has 2 saturated heterocycles. The number of amides is 1. The number of carbonyl (C=O) groups is 1. The van der Waals surface area contributed by atoms with Crippen molar-refractivity contribution in [3.05, 3.63) is 26.1 Å². The number of hydrogen-bond donors (Lipinski definition) is 0. The molecule has 2 fully saturated rings. The van der Waals surface area contributed by atoms with Gasteiger partial charge in [0.15, 0.2) is 21.0 Å². The molecule has 0 spiro atoms. The van der Waals surface area contributed by atoms with Crippen LogP contribution in [-0.2, 0) is 35.3 Å². The minimum absolute atomic E-state index is 0.0172. The molecule has 1 atom stereocenters. The van der Waals surface area contributed by atoms with E-state index >= 15 is 0 Å². The largest absolute Gasteiger partial charge is 0.339 e. The predicted molar refractivity (Wildman–Crippen MR) is 110 cm³/mol. The first-order valence-electron chi connectivity index (χ1n) is 9.63. The SMILES string of the molecule is Cn1c(=O)c2c(nc(Cl)n2CC(=O)N2CCN(C3CCS(=O)(=O)C3)CC2)n(C)c1=O. The van der Waals surface area contributed by atoms with Gasteiger partial charge in [0.1, 0.15) is 6.54 Å². The van der Waals surface area contributed by atoms with Gasteiger partial charge in [-0.2, -0.15) is 4.98 Å². The average Bonchev–Trinajstić information content (AvgIpc) is 3.24. The van der Waals surface area contributed by atoms with Crippen molar-refractivity contribution in [3.8, 4) is 0 Å². The topological polar surface area (TPSA) is 120 Å². The van der Waals surface area contributed by atoms with Gasteiger partial charge >= 0.3 is 5.69 Å². The molecule has 1 unspecified atom stereocenters. The Labute approximate surface area is 177 Å². The van der Waals surface area contributed by atoms with Crippen LogP contribution in [0.3, 0.4) is 0 Å². The lowest BCUT2D eigenvalue weighted by atomic mass is 10.2. The third-order valence-corrected chi connectivity index (χ3v) is 8.03. The summed E-state index contributed by atoms with van der Waals surface area (Å²) in [4.78, 5) is 45.4. The van der Waals surface area contributed by atoms with Gasteiger partial charge in [0, 0.05) is 46.3 Å². The van der Waals surface area contributed by atoms with Gasteiger partial charge in [0.2, 0.25) is 11.2 Å². The van der Waals surface area contributed by atoms with E-state index in [0.717, 1.165) is 4.57 Å². The molecule has 2 aromatic rings. The maximum Gasteiger partial charge on any atom is 0.332 e. The molecule has 0 N–H and O–H groups in total. The fraction of sp³-hybridized carbons (Fsp3) is 0.647. The van der Waals surface area contributed by atoms with Crippen molar-refractivity contribution in [2.75, 3.05) is 37.7 Å². The highest BCUT2D eigenvalue weighted by Gasteiger charge is 2.34. The smallest absolute Gasteiger partial charge is 0.332 e. The van der Waals surface area contributed by atoms with E-state index in [1.54, 1.807) is 4.90 Å². The number of hydrogen-bond acceptors (Lipinski definition) is 7. The molecule has 11 nitrogen and oxygen atoms in total. The van der Waals surface area contributed by atoms with Crippen molar-refractivity contribution in [2.24, 2.45) is 14.1 Å². The van der Waals surface area contributed by atoms with Crippen molar-refractivity contribution in [1.29, 1.82) is 0 Å². The minimum atomic E-state index is -2.95. The van der Waals surface area contributed by atoms with E-state index in [1.165, 1.54) is 23.2 Å². The van der Waals surface area contributed by atoms with Crippen LogP contribution in [0, 0.1) is 0 Å². The molecule has 0 radical (unpaired) electrons. The number of piperazine rings is 1. The third kappa shape index (κ3) is 3.56. The molecule has 2 aromatic heterocycles. The highest BCUT2D eigenvalue weighted by Crippen LogP contribution is 2.20. The molecule has 0 aliphatic carbocycles. The Kier molecular flexibility index (Phi) is 5.27. The zero-order valence-corrected chi connectivity index (χ0v) is 18.3. The van der Waals surface area contributed by atoms with Gasteiger partial charge in [-0.1, -0.05) is 0 Å². The molecule has 30 heavy (non-hydrogen) atoms. The fourth-order valence-electron chi connectivity index (χ4n) is 4.20. The summed E-state index contributed by atoms with van der Waals surface area (Å²) in [5, 5.41) is -0.0357. The van der Waals surface area contributed by atoms with Crippen LogP contribution in [0.25, 0.3) is 11.2 Å². The van der Waals surface area contributed by atoms with Crippen LogP contribution in [0.5, 0.6) is 0 Å². The first-order chi connectivity index (χ1) is 14.1. The van der Waals surface area contributed by atoms with Gasteiger partial charge in [-0.3, -0.25) is 28.2 Å². The molecule has 13 heteroatoms. The fourth-order valence-corrected chi connectivity index (χ4v) is 6.19. The first-order valence-corrected chi connectivity index (χ1v) is 11.8. The standard InChI is InChI=1S/C17H23ClN6O5S/c1-20-14-13(15(26)21(2)17(20)27)24(16(18)19-14)9-12(25)23-6-4-22(5-7-23)11-3-8-30(28,29)10-11/h11H,3-10H2,1-2H3. The van der Waals surface area contributed by atoms with Gasteiger partial charge in [-0.05, 0) is 18.0 Å². The molecule has 1 amide bonds. The summed E-state index contributed by atoms with van der Waals surface area (Å²) < 4.78 is 26.9. The Morgan fingerprint density at radius 1 is 1.13 bits per heavy atom. The van der Waals surface area contributed by atoms with Crippen molar-refractivity contribution in [2.45, 2.75) is 19.0 Å². The van der Waals surface area contributed by atoms with Crippen LogP contribution in [0.15, 0.2) is 9.59 Å². The first kappa shape index (κ1) is 21.1. The Balaban J connectivity index is 1.50. The molecule has 4 heterocycles. The summed E-state index contributed by atoms with van der Waals surface area (Å²) in [6, 6.07) is 0.0172. The summed E-state index contributed by atoms with van der Waals surface area (Å²) >= 11 is 6.19. The van der Waals surface area contributed by atoms with Crippen molar-refractivity contribution in [1.82, 2.24) is 28.5 Å². The second-order valence-electron chi connectivity index (χ2n) is 7.82. The normalized spacial score (nSPS) is 22.1. The van der Waals surface area contributed by atoms with Gasteiger partial charge in [0.25, 0.3) is 5.56 Å². The van der Waals surface area contributed by atoms with Gasteiger partial charge < -0.3 is 4.90 Å². The number of aryl methyl sites for hydroxylation is 1. The molecule has 2 aliphatic rings. The molecule has 4 rings (SSSR count). The number of sulfone groups is 1. The number of halogens is 1. The maximum atomic E-state index is 12.9. The number of nitrogens with zero attached hydrogens (tertiary/aromatic N) is 6. The summed E-state index contributed by atoms with van der Waals surface area (Å²) in [5.41, 5.74) is -0.848. The number of rotatable bonds is 3. The van der Waals surface area contributed by atoms with Crippen LogP contribution < -0.4 is 11.2 Å². The highest BCUT2D eigenvalue weighted by atomic mass is 35.5. The number of carbonyl (C=O) groups excluding carboxylic acids is 1. The Morgan fingerprint density at radius 3 is 2.40 bits per heavy atom. The number of imidazole rings is 1. The quantitative estimate of drug-likeness (QED) is 0.509. The van der Waals surface area contributed by atoms with Crippen LogP contribution in [0.4, 0.5) is 0 Å². The lowest BCUT2D eigenvalue weighted by Crippen LogP contribution is -2.52. The van der Waals surface area contributed by atoms with Crippen molar-refractivity contribution >= 4 is 38.5 Å². The van der Waals surface area contributed by atoms with E-state index in [-0.39, 0.29) is 46.4 Å². The number of fused-ring (bicyclic) bond motifs is 1. The van der Waals surface area contributed by atoms with Crippen LogP contribution in [0.1, 0.15) is 6.42 Å². The van der Waals surface area contributed by atoms with Gasteiger partial charge in [0.05, 0.1) is 11.5 Å². The molecule has 164 valence electrons. The summed E-state index contributed by atoms with van der Waals surface area (Å²) in [5.74, 6) is 0.186. The van der Waals surface area contributed by atoms with Crippen molar-refractivity contribution < 1.29 is 13.2 Å². The lowest BCUT2D eigenvalue weighted by Gasteiger charge is -2.37. The van der Waals surface area contributed by atoms with E-state index in [2.05, 4.69) is 9.88 Å². The van der Waals surface area contributed by atoms with Gasteiger partial charge in [-0.15, -0.1) is 0 Å². The van der Waals surface area contributed by atoms with E-state index in [4.69, 9.17) is 11.6 Å². The molecular formula is C17H23ClN6O5S. The average molecular weight is 459 g/mol. The Morgan fingerprint density at radius 2 is 1.80 bits per heavy atom. The summed E-state index contributed by atoms with van der Waals surface area (Å²) in [6.07, 6.45) is 0.634. The molecule has 0 bridgehead atoms. The Hall–Kier alpha value is -2.18. The van der Waals surface area contributed by atoms with E-state index in [0.29, 0.717) is 32.6 Å². The summed E-state index contributed by atoms with van der Waals surface area (Å²) in [6.45, 7) is 1.97. The third-order valence-electron chi connectivity index (χ3n) is 5.99. The lowest BCUT2D eigenvalue weighted by molar-refractivity contribution is -0.133. The number of aromatic nitrogens is 4. The zero-order valence-electron chi connectivity index (χ0n) is 16.7. The second-order valence-corrected chi connectivity index (χ2v) is 10.4. The van der Waals surface area contributed by atoms with E-state index < -0.39 is 21.1 Å². The predicted octanol–water partition coefficient (Wildman–Crippen LogP) is -1.58. The van der Waals surface area contributed by atoms with Crippen LogP contribution >= 0.6 is 11.6 Å². The molecule has 2 aliphatic heterocycles.